The zero-order chi connectivity index (χ0) is 19.5. The average Bonchev–Trinajstić information content (AvgIpc) is 3.39. The summed E-state index contributed by atoms with van der Waals surface area (Å²) in [5.41, 5.74) is 10.7. The first-order valence-electron chi connectivity index (χ1n) is 8.81. The van der Waals surface area contributed by atoms with Crippen LogP contribution in [0.1, 0.15) is 17.0 Å². The summed E-state index contributed by atoms with van der Waals surface area (Å²) in [5, 5.41) is 19.7. The summed E-state index contributed by atoms with van der Waals surface area (Å²) in [6.07, 6.45) is 5.47. The Bertz CT molecular complexity index is 1150. The summed E-state index contributed by atoms with van der Waals surface area (Å²) < 4.78 is 0. The number of carbonyl (C=O) groups excluding carboxylic acids is 1. The lowest BCUT2D eigenvalue weighted by Gasteiger charge is -2.16. The van der Waals surface area contributed by atoms with Crippen LogP contribution >= 0.6 is 0 Å². The summed E-state index contributed by atoms with van der Waals surface area (Å²) in [7, 11) is 0. The van der Waals surface area contributed by atoms with Crippen LogP contribution in [0.25, 0.3) is 22.0 Å². The van der Waals surface area contributed by atoms with Crippen molar-refractivity contribution in [1.82, 2.24) is 15.2 Å². The Morgan fingerprint density at radius 3 is 2.71 bits per heavy atom. The van der Waals surface area contributed by atoms with Crippen molar-refractivity contribution in [2.45, 2.75) is 5.92 Å². The van der Waals surface area contributed by atoms with E-state index < -0.39 is 5.92 Å². The lowest BCUT2D eigenvalue weighted by atomic mass is 9.97. The lowest BCUT2D eigenvalue weighted by molar-refractivity contribution is -0.117. The zero-order valence-corrected chi connectivity index (χ0v) is 14.9. The van der Waals surface area contributed by atoms with E-state index in [4.69, 9.17) is 11.0 Å². The Hall–Kier alpha value is -3.89. The van der Waals surface area contributed by atoms with Crippen LogP contribution in [0.5, 0.6) is 0 Å². The molecule has 1 unspecified atom stereocenters. The molecule has 0 aliphatic carbocycles. The number of para-hydroxylation sites is 1. The molecule has 0 aliphatic rings. The summed E-state index contributed by atoms with van der Waals surface area (Å²) in [6, 6.07) is 14.7. The molecular formula is C21H18N6O. The minimum absolute atomic E-state index is 0.165. The Kier molecular flexibility index (Phi) is 4.62. The van der Waals surface area contributed by atoms with Crippen LogP contribution in [-0.4, -0.2) is 27.6 Å². The molecule has 4 aromatic rings. The molecule has 1 amide bonds. The molecule has 2 heterocycles. The molecule has 28 heavy (non-hydrogen) atoms. The van der Waals surface area contributed by atoms with Gasteiger partial charge in [0.2, 0.25) is 5.91 Å². The van der Waals surface area contributed by atoms with Crippen molar-refractivity contribution in [3.63, 3.8) is 0 Å². The maximum atomic E-state index is 12.9. The number of rotatable bonds is 5. The highest BCUT2D eigenvalue weighted by molar-refractivity contribution is 6.07. The third-order valence-corrected chi connectivity index (χ3v) is 4.78. The van der Waals surface area contributed by atoms with Gasteiger partial charge in [-0.1, -0.05) is 24.3 Å². The van der Waals surface area contributed by atoms with E-state index >= 15 is 0 Å². The molecule has 7 nitrogen and oxygen atoms in total. The third-order valence-electron chi connectivity index (χ3n) is 4.78. The minimum Gasteiger partial charge on any atom is -0.359 e. The van der Waals surface area contributed by atoms with Crippen LogP contribution in [-0.2, 0) is 4.79 Å². The van der Waals surface area contributed by atoms with Gasteiger partial charge in [0.25, 0.3) is 0 Å². The van der Waals surface area contributed by atoms with Crippen LogP contribution in [0.4, 0.5) is 5.69 Å². The highest BCUT2D eigenvalue weighted by atomic mass is 16.1. The number of aromatic amines is 2. The van der Waals surface area contributed by atoms with Crippen molar-refractivity contribution >= 4 is 22.5 Å². The van der Waals surface area contributed by atoms with E-state index in [2.05, 4.69) is 26.6 Å². The summed E-state index contributed by atoms with van der Waals surface area (Å²) in [5.74, 6) is -0.703. The van der Waals surface area contributed by atoms with Crippen LogP contribution in [0, 0.1) is 11.3 Å². The van der Waals surface area contributed by atoms with Crippen molar-refractivity contribution in [3.8, 4) is 17.2 Å². The molecule has 2 aromatic heterocycles. The number of nitrogens with two attached hydrogens (primary N) is 1. The number of nitrogens with one attached hydrogen (secondary N) is 3. The minimum atomic E-state index is -0.508. The molecule has 5 N–H and O–H groups in total. The number of fused-ring (bicyclic) bond motifs is 1. The number of nitriles is 1. The fourth-order valence-electron chi connectivity index (χ4n) is 3.30. The molecule has 4 rings (SSSR count). The number of anilines is 1. The van der Waals surface area contributed by atoms with E-state index in [1.165, 1.54) is 0 Å². The van der Waals surface area contributed by atoms with Crippen LogP contribution in [0.15, 0.2) is 61.1 Å². The lowest BCUT2D eigenvalue weighted by Crippen LogP contribution is -2.27. The topological polar surface area (TPSA) is 123 Å². The normalized spacial score (nSPS) is 11.9. The predicted molar refractivity (Wildman–Crippen MR) is 107 cm³/mol. The van der Waals surface area contributed by atoms with Gasteiger partial charge in [0.15, 0.2) is 0 Å². The van der Waals surface area contributed by atoms with Gasteiger partial charge in [-0.2, -0.15) is 10.4 Å². The Labute approximate surface area is 161 Å². The van der Waals surface area contributed by atoms with Crippen molar-refractivity contribution in [3.05, 3.63) is 72.2 Å². The van der Waals surface area contributed by atoms with Gasteiger partial charge in [0.1, 0.15) is 0 Å². The van der Waals surface area contributed by atoms with Gasteiger partial charge in [-0.15, -0.1) is 0 Å². The average molecular weight is 370 g/mol. The highest BCUT2D eigenvalue weighted by Gasteiger charge is 2.20. The second kappa shape index (κ2) is 7.39. The molecule has 2 aromatic carbocycles. The molecule has 0 saturated carbocycles. The maximum absolute atomic E-state index is 12.9. The number of amides is 1. The second-order valence-electron chi connectivity index (χ2n) is 6.43. The number of H-pyrrole nitrogens is 2. The first-order valence-corrected chi connectivity index (χ1v) is 8.81. The number of carbonyl (C=O) groups is 1. The number of aromatic nitrogens is 3. The molecule has 1 atom stereocenters. The first kappa shape index (κ1) is 17.5. The van der Waals surface area contributed by atoms with Crippen LogP contribution < -0.4 is 11.1 Å². The van der Waals surface area contributed by atoms with E-state index in [1.54, 1.807) is 30.5 Å². The van der Waals surface area contributed by atoms with Gasteiger partial charge in [-0.3, -0.25) is 9.89 Å². The van der Waals surface area contributed by atoms with Crippen molar-refractivity contribution in [2.24, 2.45) is 5.73 Å². The number of nitrogens with zero attached hydrogens (tertiary/aromatic N) is 2. The van der Waals surface area contributed by atoms with Gasteiger partial charge < -0.3 is 16.0 Å². The van der Waals surface area contributed by atoms with Gasteiger partial charge in [0.05, 0.1) is 35.0 Å². The summed E-state index contributed by atoms with van der Waals surface area (Å²) in [6.45, 7) is 0.165. The van der Waals surface area contributed by atoms with Crippen molar-refractivity contribution in [2.75, 3.05) is 11.9 Å². The monoisotopic (exact) mass is 370 g/mol. The highest BCUT2D eigenvalue weighted by Crippen LogP contribution is 2.32. The second-order valence-corrected chi connectivity index (χ2v) is 6.43. The van der Waals surface area contributed by atoms with Gasteiger partial charge >= 0.3 is 0 Å². The smallest absolute Gasteiger partial charge is 0.233 e. The van der Waals surface area contributed by atoms with Crippen molar-refractivity contribution < 1.29 is 4.79 Å². The largest absolute Gasteiger partial charge is 0.359 e. The summed E-state index contributed by atoms with van der Waals surface area (Å²) in [4.78, 5) is 16.1. The van der Waals surface area contributed by atoms with Gasteiger partial charge in [-0.05, 0) is 23.8 Å². The first-order chi connectivity index (χ1) is 13.7. The molecular weight excluding hydrogens is 352 g/mol. The van der Waals surface area contributed by atoms with Crippen molar-refractivity contribution in [1.29, 1.82) is 5.26 Å². The predicted octanol–water partition coefficient (Wildman–Crippen LogP) is 3.11. The maximum Gasteiger partial charge on any atom is 0.233 e. The fraction of sp³-hybridized carbons (Fsp3) is 0.0952. The van der Waals surface area contributed by atoms with Gasteiger partial charge in [0, 0.05) is 35.5 Å². The molecule has 138 valence electrons. The van der Waals surface area contributed by atoms with Gasteiger partial charge in [-0.25, -0.2) is 0 Å². The molecule has 7 heteroatoms. The van der Waals surface area contributed by atoms with E-state index in [-0.39, 0.29) is 12.5 Å². The number of benzene rings is 2. The van der Waals surface area contributed by atoms with E-state index in [0.717, 1.165) is 27.6 Å². The third kappa shape index (κ3) is 3.13. The zero-order valence-electron chi connectivity index (χ0n) is 14.9. The molecule has 0 fully saturated rings. The van der Waals surface area contributed by atoms with Crippen LogP contribution in [0.3, 0.4) is 0 Å². The number of hydrogen-bond donors (Lipinski definition) is 4. The van der Waals surface area contributed by atoms with E-state index in [1.807, 2.05) is 30.6 Å². The standard InChI is InChI=1S/C21H18N6O/c22-8-13-4-6-14(7-5-13)17(9-23)21(28)27-19-3-1-2-16-18(12-24-20(16)19)15-10-25-26-11-15/h1-7,10-12,17,24H,9,23H2,(H,25,26)(H,27,28). The molecule has 0 spiro atoms. The van der Waals surface area contributed by atoms with Crippen LogP contribution in [0.2, 0.25) is 0 Å². The quantitative estimate of drug-likeness (QED) is 0.431. The molecule has 0 aliphatic heterocycles. The Morgan fingerprint density at radius 2 is 2.04 bits per heavy atom. The Balaban J connectivity index is 1.63. The SMILES string of the molecule is N#Cc1ccc(C(CN)C(=O)Nc2cccc3c(-c4cn[nH]c4)c[nH]c23)cc1. The Morgan fingerprint density at radius 1 is 1.21 bits per heavy atom. The number of hydrogen-bond acceptors (Lipinski definition) is 4. The molecule has 0 bridgehead atoms. The molecule has 0 saturated heterocycles. The fourth-order valence-corrected chi connectivity index (χ4v) is 3.30. The molecule has 0 radical (unpaired) electrons. The van der Waals surface area contributed by atoms with E-state index in [0.29, 0.717) is 11.3 Å². The summed E-state index contributed by atoms with van der Waals surface area (Å²) >= 11 is 0. The van der Waals surface area contributed by atoms with E-state index in [9.17, 15) is 4.79 Å².